The van der Waals surface area contributed by atoms with Crippen LogP contribution in [0.1, 0.15) is 31.5 Å². The maximum Gasteiger partial charge on any atom is 0.260 e. The molecule has 1 aliphatic rings. The predicted octanol–water partition coefficient (Wildman–Crippen LogP) is 2.32. The first kappa shape index (κ1) is 9.63. The maximum atomic E-state index is 5.73. The molecule has 1 aliphatic carbocycles. The highest BCUT2D eigenvalue weighted by Crippen LogP contribution is 2.35. The number of anilines is 1. The summed E-state index contributed by atoms with van der Waals surface area (Å²) in [7, 11) is 0. The van der Waals surface area contributed by atoms with E-state index in [1.54, 1.807) is 0 Å². The lowest BCUT2D eigenvalue weighted by Crippen LogP contribution is -2.22. The van der Waals surface area contributed by atoms with Crippen LogP contribution in [-0.2, 0) is 12.8 Å². The molecule has 4 nitrogen and oxygen atoms in total. The quantitative estimate of drug-likeness (QED) is 0.735. The Morgan fingerprint density at radius 2 is 2.25 bits per heavy atom. The molecule has 0 unspecified atom stereocenters. The molecule has 0 spiro atoms. The molecule has 0 atom stereocenters. The molecule has 84 valence electrons. The second-order valence-corrected chi connectivity index (χ2v) is 5.36. The fourth-order valence-corrected chi connectivity index (χ4v) is 2.40. The van der Waals surface area contributed by atoms with Crippen molar-refractivity contribution in [3.63, 3.8) is 0 Å². The number of aryl methyl sites for hydroxylation is 1. The van der Waals surface area contributed by atoms with E-state index in [0.717, 1.165) is 23.9 Å². The highest BCUT2D eigenvalue weighted by Gasteiger charge is 2.27. The van der Waals surface area contributed by atoms with E-state index in [4.69, 9.17) is 10.3 Å². The molecule has 2 aromatic heterocycles. The topological polar surface area (TPSA) is 64.9 Å². The average Bonchev–Trinajstić information content (AvgIpc) is 2.56. The number of nitrogen functional groups attached to an aromatic ring is 1. The second kappa shape index (κ2) is 2.97. The molecule has 2 heterocycles. The van der Waals surface area contributed by atoms with E-state index in [-0.39, 0.29) is 0 Å². The Labute approximate surface area is 93.8 Å². The molecular formula is C12H15N3O. The minimum absolute atomic E-state index is 0.355. The molecule has 4 heteroatoms. The van der Waals surface area contributed by atoms with Crippen molar-refractivity contribution in [2.75, 3.05) is 5.73 Å². The fourth-order valence-electron chi connectivity index (χ4n) is 2.40. The van der Waals surface area contributed by atoms with Gasteiger partial charge in [0.2, 0.25) is 0 Å². The Kier molecular flexibility index (Phi) is 1.79. The lowest BCUT2D eigenvalue weighted by atomic mass is 9.76. The summed E-state index contributed by atoms with van der Waals surface area (Å²) in [5, 5.41) is 4.59. The summed E-state index contributed by atoms with van der Waals surface area (Å²) in [6.45, 7) is 4.58. The zero-order valence-corrected chi connectivity index (χ0v) is 9.58. The lowest BCUT2D eigenvalue weighted by molar-refractivity contribution is 0.312. The van der Waals surface area contributed by atoms with Crippen LogP contribution in [0.4, 0.5) is 5.82 Å². The zero-order valence-electron chi connectivity index (χ0n) is 9.58. The number of hydrogen-bond acceptors (Lipinski definition) is 4. The van der Waals surface area contributed by atoms with Crippen LogP contribution >= 0.6 is 0 Å². The van der Waals surface area contributed by atoms with Crippen molar-refractivity contribution in [2.24, 2.45) is 5.41 Å². The molecule has 2 N–H and O–H groups in total. The summed E-state index contributed by atoms with van der Waals surface area (Å²) >= 11 is 0. The van der Waals surface area contributed by atoms with E-state index in [1.807, 2.05) is 0 Å². The van der Waals surface area contributed by atoms with Crippen LogP contribution in [0.5, 0.6) is 0 Å². The van der Waals surface area contributed by atoms with Crippen molar-refractivity contribution >= 4 is 16.9 Å². The van der Waals surface area contributed by atoms with Crippen molar-refractivity contribution in [1.82, 2.24) is 10.1 Å². The summed E-state index contributed by atoms with van der Waals surface area (Å²) < 4.78 is 5.08. The zero-order chi connectivity index (χ0) is 11.3. The van der Waals surface area contributed by atoms with Gasteiger partial charge >= 0.3 is 0 Å². The number of fused-ring (bicyclic) bond motifs is 2. The Morgan fingerprint density at radius 3 is 3.06 bits per heavy atom. The van der Waals surface area contributed by atoms with E-state index in [2.05, 4.69) is 30.1 Å². The molecule has 0 aromatic carbocycles. The minimum atomic E-state index is 0.355. The average molecular weight is 217 g/mol. The standard InChI is InChI=1S/C12H15N3O/c1-12(2)4-3-9-7(6-12)5-8-10(13)15-16-11(8)14-9/h5H,3-4,6H2,1-2H3,(H2,13,15). The van der Waals surface area contributed by atoms with Crippen molar-refractivity contribution in [1.29, 1.82) is 0 Å². The van der Waals surface area contributed by atoms with Gasteiger partial charge in [0, 0.05) is 5.69 Å². The van der Waals surface area contributed by atoms with Crippen LogP contribution in [-0.4, -0.2) is 10.1 Å². The van der Waals surface area contributed by atoms with Gasteiger partial charge in [-0.2, -0.15) is 0 Å². The third-order valence-electron chi connectivity index (χ3n) is 3.37. The summed E-state index contributed by atoms with van der Waals surface area (Å²) in [5.41, 5.74) is 9.09. The van der Waals surface area contributed by atoms with Gasteiger partial charge in [0.1, 0.15) is 0 Å². The second-order valence-electron chi connectivity index (χ2n) is 5.36. The normalized spacial score (nSPS) is 18.6. The molecule has 2 aromatic rings. The first-order valence-electron chi connectivity index (χ1n) is 5.59. The molecule has 0 saturated heterocycles. The highest BCUT2D eigenvalue weighted by atomic mass is 16.5. The van der Waals surface area contributed by atoms with Crippen molar-refractivity contribution in [2.45, 2.75) is 33.1 Å². The van der Waals surface area contributed by atoms with E-state index < -0.39 is 0 Å². The largest absolute Gasteiger partial charge is 0.380 e. The molecule has 0 saturated carbocycles. The number of nitrogens with zero attached hydrogens (tertiary/aromatic N) is 2. The van der Waals surface area contributed by atoms with Gasteiger partial charge in [-0.1, -0.05) is 19.0 Å². The Morgan fingerprint density at radius 1 is 1.44 bits per heavy atom. The van der Waals surface area contributed by atoms with Crippen LogP contribution in [0.3, 0.4) is 0 Å². The van der Waals surface area contributed by atoms with Crippen LogP contribution in [0, 0.1) is 5.41 Å². The van der Waals surface area contributed by atoms with Gasteiger partial charge in [0.15, 0.2) is 5.82 Å². The van der Waals surface area contributed by atoms with Crippen molar-refractivity contribution in [3.05, 3.63) is 17.3 Å². The summed E-state index contributed by atoms with van der Waals surface area (Å²) in [4.78, 5) is 4.49. The number of nitrogens with two attached hydrogens (primary N) is 1. The first-order valence-corrected chi connectivity index (χ1v) is 5.59. The van der Waals surface area contributed by atoms with E-state index in [1.165, 1.54) is 12.0 Å². The monoisotopic (exact) mass is 217 g/mol. The summed E-state index contributed by atoms with van der Waals surface area (Å²) in [5.74, 6) is 0.439. The maximum absolute atomic E-state index is 5.73. The van der Waals surface area contributed by atoms with Crippen LogP contribution < -0.4 is 5.73 Å². The van der Waals surface area contributed by atoms with Gasteiger partial charge in [-0.05, 0) is 36.3 Å². The lowest BCUT2D eigenvalue weighted by Gasteiger charge is -2.30. The number of pyridine rings is 1. The van der Waals surface area contributed by atoms with Gasteiger partial charge in [0.25, 0.3) is 5.71 Å². The molecule has 0 bridgehead atoms. The Hall–Kier alpha value is -1.58. The van der Waals surface area contributed by atoms with E-state index >= 15 is 0 Å². The molecular weight excluding hydrogens is 202 g/mol. The predicted molar refractivity (Wildman–Crippen MR) is 62.0 cm³/mol. The highest BCUT2D eigenvalue weighted by molar-refractivity contribution is 5.84. The Balaban J connectivity index is 2.19. The number of rotatable bonds is 0. The smallest absolute Gasteiger partial charge is 0.260 e. The van der Waals surface area contributed by atoms with Gasteiger partial charge in [-0.25, -0.2) is 4.98 Å². The molecule has 0 fully saturated rings. The minimum Gasteiger partial charge on any atom is -0.380 e. The third kappa shape index (κ3) is 1.37. The molecule has 0 aliphatic heterocycles. The van der Waals surface area contributed by atoms with Crippen molar-refractivity contribution in [3.8, 4) is 0 Å². The molecule has 3 rings (SSSR count). The summed E-state index contributed by atoms with van der Waals surface area (Å²) in [6, 6.07) is 2.09. The van der Waals surface area contributed by atoms with E-state index in [9.17, 15) is 0 Å². The van der Waals surface area contributed by atoms with Crippen LogP contribution in [0.15, 0.2) is 10.6 Å². The number of hydrogen-bond donors (Lipinski definition) is 1. The third-order valence-corrected chi connectivity index (χ3v) is 3.37. The fraction of sp³-hybridized carbons (Fsp3) is 0.500. The van der Waals surface area contributed by atoms with Crippen molar-refractivity contribution < 1.29 is 4.52 Å². The van der Waals surface area contributed by atoms with Gasteiger partial charge in [-0.15, -0.1) is 0 Å². The van der Waals surface area contributed by atoms with E-state index in [0.29, 0.717) is 16.9 Å². The first-order chi connectivity index (χ1) is 7.55. The molecule has 0 amide bonds. The SMILES string of the molecule is CC1(C)CCc2nc3onc(N)c3cc2C1. The summed E-state index contributed by atoms with van der Waals surface area (Å²) in [6.07, 6.45) is 3.23. The molecule has 16 heavy (non-hydrogen) atoms. The van der Waals surface area contributed by atoms with Crippen LogP contribution in [0.25, 0.3) is 11.1 Å². The number of aromatic nitrogens is 2. The van der Waals surface area contributed by atoms with Gasteiger partial charge < -0.3 is 10.3 Å². The van der Waals surface area contributed by atoms with Gasteiger partial charge in [0.05, 0.1) is 5.39 Å². The van der Waals surface area contributed by atoms with Gasteiger partial charge in [-0.3, -0.25) is 0 Å². The molecule has 0 radical (unpaired) electrons. The van der Waals surface area contributed by atoms with Crippen LogP contribution in [0.2, 0.25) is 0 Å². The Bertz CT molecular complexity index is 557.